The van der Waals surface area contributed by atoms with Gasteiger partial charge in [-0.25, -0.2) is 13.6 Å². The van der Waals surface area contributed by atoms with Crippen molar-refractivity contribution in [2.24, 2.45) is 0 Å². The summed E-state index contributed by atoms with van der Waals surface area (Å²) in [6, 6.07) is 1.45. The number of hydrogen-bond donors (Lipinski definition) is 1. The molecule has 8 nitrogen and oxygen atoms in total. The van der Waals surface area contributed by atoms with Gasteiger partial charge in [0.05, 0.1) is 6.61 Å². The molecule has 1 aromatic rings. The van der Waals surface area contributed by atoms with Crippen molar-refractivity contribution in [1.29, 1.82) is 0 Å². The molecule has 0 radical (unpaired) electrons. The Morgan fingerprint density at radius 3 is 1.76 bits per heavy atom. The number of nitrogens with zero attached hydrogens (tertiary/aromatic N) is 2. The molecule has 2 rings (SSSR count). The van der Waals surface area contributed by atoms with Crippen LogP contribution < -0.4 is 11.4 Å². The highest BCUT2D eigenvalue weighted by Crippen LogP contribution is 2.57. The van der Waals surface area contributed by atoms with E-state index in [2.05, 4.69) is 67.3 Å². The monoisotopic (exact) mass is 635 g/mol. The van der Waals surface area contributed by atoms with Gasteiger partial charge < -0.3 is 23.7 Å². The van der Waals surface area contributed by atoms with Gasteiger partial charge in [-0.1, -0.05) is 62.3 Å². The lowest BCUT2D eigenvalue weighted by Gasteiger charge is -2.54. The van der Waals surface area contributed by atoms with E-state index in [0.29, 0.717) is 0 Å². The van der Waals surface area contributed by atoms with E-state index in [1.807, 2.05) is 39.3 Å². The van der Waals surface area contributed by atoms with Crippen molar-refractivity contribution in [3.05, 3.63) is 22.7 Å². The summed E-state index contributed by atoms with van der Waals surface area (Å²) in [4.78, 5) is 16.8. The zero-order chi connectivity index (χ0) is 32.3. The van der Waals surface area contributed by atoms with Crippen LogP contribution in [-0.2, 0) is 18.0 Å². The Labute approximate surface area is 249 Å². The second-order valence-electron chi connectivity index (χ2n) is 16.0. The Balaban J connectivity index is 2.93. The van der Waals surface area contributed by atoms with Crippen molar-refractivity contribution in [2.45, 2.75) is 147 Å². The lowest BCUT2D eigenvalue weighted by atomic mass is 9.94. The molecule has 238 valence electrons. The molecule has 0 aliphatic carbocycles. The number of anilines is 1. The number of halogens is 2. The van der Waals surface area contributed by atoms with Crippen molar-refractivity contribution in [2.75, 3.05) is 12.3 Å². The SMILES string of the molecule is CC(C)(C)[Si](C)(C)OC[C@@]1(C(F)F)O[C@@H](n2ccc(N)nc2=O)CC1(O[Si](C)(C)C(C)(C)C)O[Si](C)(C)C(C)(C)C. The second-order valence-corrected chi connectivity index (χ2v) is 30.3. The van der Waals surface area contributed by atoms with E-state index < -0.39 is 61.3 Å². The molecule has 2 N–H and O–H groups in total. The minimum Gasteiger partial charge on any atom is -0.413 e. The fourth-order valence-electron chi connectivity index (χ4n) is 3.91. The first kappa shape index (κ1) is 36.2. The van der Waals surface area contributed by atoms with Crippen LogP contribution in [-0.4, -0.2) is 58.9 Å². The normalized spacial score (nSPS) is 22.9. The summed E-state index contributed by atoms with van der Waals surface area (Å²) < 4.78 is 60.0. The minimum absolute atomic E-state index is 0.0342. The van der Waals surface area contributed by atoms with Crippen LogP contribution in [0.2, 0.25) is 54.4 Å². The molecule has 1 aliphatic rings. The first-order valence-corrected chi connectivity index (χ1v) is 23.1. The summed E-state index contributed by atoms with van der Waals surface area (Å²) in [6.45, 7) is 30.1. The van der Waals surface area contributed by atoms with E-state index >= 15 is 8.78 Å². The quantitative estimate of drug-likeness (QED) is 0.222. The van der Waals surface area contributed by atoms with Crippen LogP contribution in [0.4, 0.5) is 14.6 Å². The molecule has 2 atom stereocenters. The van der Waals surface area contributed by atoms with Gasteiger partial charge in [-0.15, -0.1) is 0 Å². The number of hydrogen-bond acceptors (Lipinski definition) is 7. The van der Waals surface area contributed by atoms with Gasteiger partial charge in [0, 0.05) is 12.6 Å². The molecule has 1 fully saturated rings. The van der Waals surface area contributed by atoms with E-state index in [1.165, 1.54) is 16.8 Å². The van der Waals surface area contributed by atoms with Gasteiger partial charge in [0.2, 0.25) is 5.60 Å². The third kappa shape index (κ3) is 7.07. The third-order valence-electron chi connectivity index (χ3n) is 9.85. The molecular weight excluding hydrogens is 581 g/mol. The second kappa shape index (κ2) is 11.2. The van der Waals surface area contributed by atoms with Gasteiger partial charge in [0.1, 0.15) is 12.0 Å². The van der Waals surface area contributed by atoms with Gasteiger partial charge >= 0.3 is 5.69 Å². The highest BCUT2D eigenvalue weighted by molar-refractivity contribution is 6.75. The number of ether oxygens (including phenoxy) is 1. The topological polar surface area (TPSA) is 97.8 Å². The standard InChI is InChI=1S/C28H55F2N3O5Si3/c1-24(2,3)39(10,11)35-19-27(22(29)30)28(37-40(12,13)25(4,5)6,38-41(14,15)26(7,8)9)18-21(36-27)33-17-16-20(31)32-23(33)34/h16-17,21-22H,18-19H2,1-15H3,(H2,31,32,34)/t21-,27+/m1/s1. The fourth-order valence-corrected chi connectivity index (χ4v) is 7.86. The van der Waals surface area contributed by atoms with Crippen molar-refractivity contribution in [3.63, 3.8) is 0 Å². The maximum Gasteiger partial charge on any atom is 0.351 e. The molecule has 2 heterocycles. The Bertz CT molecular complexity index is 1110. The van der Waals surface area contributed by atoms with E-state index in [-0.39, 0.29) is 27.4 Å². The molecule has 41 heavy (non-hydrogen) atoms. The summed E-state index contributed by atoms with van der Waals surface area (Å²) in [7, 11) is -8.10. The Kier molecular flexibility index (Phi) is 9.89. The molecule has 0 saturated carbocycles. The van der Waals surface area contributed by atoms with Crippen molar-refractivity contribution in [3.8, 4) is 0 Å². The first-order chi connectivity index (χ1) is 18.0. The van der Waals surface area contributed by atoms with Gasteiger partial charge in [-0.05, 0) is 60.5 Å². The Hall–Kier alpha value is -0.969. The van der Waals surface area contributed by atoms with E-state index in [0.717, 1.165) is 0 Å². The maximum atomic E-state index is 15.9. The lowest BCUT2D eigenvalue weighted by Crippen LogP contribution is -2.69. The van der Waals surface area contributed by atoms with E-state index in [9.17, 15) is 4.79 Å². The largest absolute Gasteiger partial charge is 0.413 e. The van der Waals surface area contributed by atoms with Crippen molar-refractivity contribution >= 4 is 30.8 Å². The number of nitrogen functional groups attached to an aromatic ring is 1. The number of alkyl halides is 2. The molecular formula is C28H55F2N3O5Si3. The lowest BCUT2D eigenvalue weighted by molar-refractivity contribution is -0.279. The van der Waals surface area contributed by atoms with Crippen molar-refractivity contribution in [1.82, 2.24) is 9.55 Å². The summed E-state index contributed by atoms with van der Waals surface area (Å²) in [5, 5.41) is -0.902. The summed E-state index contributed by atoms with van der Waals surface area (Å²) >= 11 is 0. The highest BCUT2D eigenvalue weighted by Gasteiger charge is 2.71. The van der Waals surface area contributed by atoms with Crippen molar-refractivity contribution < 1.29 is 26.8 Å². The van der Waals surface area contributed by atoms with E-state index in [1.54, 1.807) is 0 Å². The summed E-state index contributed by atoms with van der Waals surface area (Å²) in [5.74, 6) is -1.87. The predicted octanol–water partition coefficient (Wildman–Crippen LogP) is 7.51. The third-order valence-corrected chi connectivity index (χ3v) is 23.2. The van der Waals surface area contributed by atoms with Crippen LogP contribution in [0.1, 0.15) is 75.0 Å². The average Bonchev–Trinajstić information content (AvgIpc) is 3.03. The average molecular weight is 636 g/mol. The molecule has 0 bridgehead atoms. The molecule has 13 heteroatoms. The Morgan fingerprint density at radius 2 is 1.39 bits per heavy atom. The predicted molar refractivity (Wildman–Crippen MR) is 169 cm³/mol. The molecule has 0 spiro atoms. The van der Waals surface area contributed by atoms with E-state index in [4.69, 9.17) is 23.7 Å². The number of rotatable bonds is 9. The Morgan fingerprint density at radius 1 is 0.951 bits per heavy atom. The van der Waals surface area contributed by atoms with Gasteiger partial charge in [-0.2, -0.15) is 4.98 Å². The summed E-state index contributed by atoms with van der Waals surface area (Å²) in [6.07, 6.45) is -2.90. The highest BCUT2D eigenvalue weighted by atomic mass is 28.4. The molecule has 1 saturated heterocycles. The maximum absolute atomic E-state index is 15.9. The zero-order valence-corrected chi connectivity index (χ0v) is 31.0. The first-order valence-electron chi connectivity index (χ1n) is 14.4. The molecule has 1 aliphatic heterocycles. The van der Waals surface area contributed by atoms with Crippen LogP contribution in [0.3, 0.4) is 0 Å². The van der Waals surface area contributed by atoms with Crippen LogP contribution in [0.5, 0.6) is 0 Å². The molecule has 0 aromatic carbocycles. The van der Waals surface area contributed by atoms with Gasteiger partial charge in [-0.3, -0.25) is 4.57 Å². The molecule has 0 unspecified atom stereocenters. The minimum atomic E-state index is -3.05. The van der Waals surface area contributed by atoms with Gasteiger partial charge in [0.25, 0.3) is 6.43 Å². The van der Waals surface area contributed by atoms with Crippen LogP contribution in [0.15, 0.2) is 17.1 Å². The van der Waals surface area contributed by atoms with Gasteiger partial charge in [0.15, 0.2) is 30.7 Å². The summed E-state index contributed by atoms with van der Waals surface area (Å²) in [5.41, 5.74) is 2.72. The van der Waals surface area contributed by atoms with Crippen LogP contribution in [0, 0.1) is 0 Å². The molecule has 0 amide bonds. The number of aromatic nitrogens is 2. The van der Waals surface area contributed by atoms with Crippen LogP contribution >= 0.6 is 0 Å². The van der Waals surface area contributed by atoms with Crippen LogP contribution in [0.25, 0.3) is 0 Å². The fraction of sp³-hybridized carbons (Fsp3) is 0.857. The molecule has 1 aromatic heterocycles. The smallest absolute Gasteiger partial charge is 0.351 e. The number of nitrogens with two attached hydrogens (primary N) is 1. The zero-order valence-electron chi connectivity index (χ0n) is 28.0.